The summed E-state index contributed by atoms with van der Waals surface area (Å²) in [5, 5.41) is 11.0. The van der Waals surface area contributed by atoms with Crippen LogP contribution in [0.5, 0.6) is 0 Å². The quantitative estimate of drug-likeness (QED) is 0.312. The number of aromatic nitrogens is 4. The molecule has 27 heavy (non-hydrogen) atoms. The second kappa shape index (κ2) is 7.58. The lowest BCUT2D eigenvalue weighted by atomic mass is 10.2. The molecule has 0 fully saturated rings. The molecule has 3 heterocycles. The van der Waals surface area contributed by atoms with Crippen molar-refractivity contribution in [3.8, 4) is 11.4 Å². The average Bonchev–Trinajstić information content (AvgIpc) is 3.24. The van der Waals surface area contributed by atoms with Crippen LogP contribution >= 0.6 is 35.1 Å². The van der Waals surface area contributed by atoms with Crippen LogP contribution in [0.2, 0.25) is 5.15 Å². The first kappa shape index (κ1) is 18.4. The molecular formula is C19H17ClN4OS2. The van der Waals surface area contributed by atoms with Crippen molar-refractivity contribution in [2.24, 2.45) is 7.05 Å². The Morgan fingerprint density at radius 1 is 1.19 bits per heavy atom. The Hall–Kier alpha value is -1.96. The van der Waals surface area contributed by atoms with Gasteiger partial charge in [-0.3, -0.25) is 0 Å². The Labute approximate surface area is 170 Å². The molecule has 0 unspecified atom stereocenters. The first-order valence-corrected chi connectivity index (χ1v) is 10.9. The summed E-state index contributed by atoms with van der Waals surface area (Å²) in [6.45, 7) is 1.92. The number of nitrogens with zero attached hydrogens (tertiary/aromatic N) is 4. The van der Waals surface area contributed by atoms with Crippen molar-refractivity contribution >= 4 is 46.0 Å². The van der Waals surface area contributed by atoms with Crippen LogP contribution in [0.3, 0.4) is 0 Å². The molecule has 3 aromatic heterocycles. The Kier molecular flexibility index (Phi) is 5.16. The zero-order valence-corrected chi connectivity index (χ0v) is 17.5. The monoisotopic (exact) mass is 416 g/mol. The van der Waals surface area contributed by atoms with Gasteiger partial charge in [0.1, 0.15) is 10.9 Å². The van der Waals surface area contributed by atoms with Crippen LogP contribution in [-0.4, -0.2) is 26.0 Å². The standard InChI is InChI=1S/C19H17ClN4OS2/c1-11-15(6-7-25-11)18-22-23-19(24(18)2)27-10-13-8-12-4-5-14(26-3)9-16(12)21-17(13)20/h4-9H,10H2,1-3H3. The van der Waals surface area contributed by atoms with E-state index in [0.29, 0.717) is 10.9 Å². The zero-order chi connectivity index (χ0) is 19.0. The van der Waals surface area contributed by atoms with Gasteiger partial charge in [0.15, 0.2) is 11.0 Å². The third-order valence-electron chi connectivity index (χ3n) is 4.34. The predicted octanol–water partition coefficient (Wildman–Crippen LogP) is 5.60. The van der Waals surface area contributed by atoms with Gasteiger partial charge in [-0.2, -0.15) is 0 Å². The van der Waals surface area contributed by atoms with Gasteiger partial charge < -0.3 is 8.98 Å². The number of benzene rings is 1. The van der Waals surface area contributed by atoms with Crippen molar-refractivity contribution in [3.05, 3.63) is 53.1 Å². The molecule has 0 amide bonds. The molecule has 0 aliphatic rings. The molecule has 0 saturated heterocycles. The van der Waals surface area contributed by atoms with E-state index in [1.54, 1.807) is 29.8 Å². The van der Waals surface area contributed by atoms with Gasteiger partial charge in [-0.1, -0.05) is 29.4 Å². The highest BCUT2D eigenvalue weighted by Crippen LogP contribution is 2.31. The largest absolute Gasteiger partial charge is 0.469 e. The van der Waals surface area contributed by atoms with Crippen LogP contribution in [0.25, 0.3) is 22.3 Å². The molecule has 8 heteroatoms. The molecular weight excluding hydrogens is 400 g/mol. The van der Waals surface area contributed by atoms with Gasteiger partial charge in [0.2, 0.25) is 0 Å². The van der Waals surface area contributed by atoms with E-state index in [9.17, 15) is 0 Å². The van der Waals surface area contributed by atoms with Crippen LogP contribution in [-0.2, 0) is 12.8 Å². The summed E-state index contributed by atoms with van der Waals surface area (Å²) in [7, 11) is 1.95. The predicted molar refractivity (Wildman–Crippen MR) is 112 cm³/mol. The maximum atomic E-state index is 6.43. The van der Waals surface area contributed by atoms with Gasteiger partial charge in [-0.15, -0.1) is 22.0 Å². The second-order valence-corrected chi connectivity index (χ2v) is 8.22. The minimum atomic E-state index is 0.529. The summed E-state index contributed by atoms with van der Waals surface area (Å²) in [5.41, 5.74) is 2.85. The van der Waals surface area contributed by atoms with E-state index < -0.39 is 0 Å². The average molecular weight is 417 g/mol. The maximum Gasteiger partial charge on any atom is 0.191 e. The van der Waals surface area contributed by atoms with E-state index in [1.165, 1.54) is 4.90 Å². The summed E-state index contributed by atoms with van der Waals surface area (Å²) in [5.74, 6) is 2.28. The van der Waals surface area contributed by atoms with E-state index in [4.69, 9.17) is 16.0 Å². The zero-order valence-electron chi connectivity index (χ0n) is 15.1. The van der Waals surface area contributed by atoms with Gasteiger partial charge >= 0.3 is 0 Å². The van der Waals surface area contributed by atoms with Crippen molar-refractivity contribution in [3.63, 3.8) is 0 Å². The van der Waals surface area contributed by atoms with Crippen LogP contribution in [0.15, 0.2) is 51.1 Å². The van der Waals surface area contributed by atoms with Crippen molar-refractivity contribution < 1.29 is 4.42 Å². The molecule has 0 bridgehead atoms. The second-order valence-electron chi connectivity index (χ2n) is 6.04. The van der Waals surface area contributed by atoms with E-state index >= 15 is 0 Å². The van der Waals surface area contributed by atoms with E-state index in [2.05, 4.69) is 39.4 Å². The maximum absolute atomic E-state index is 6.43. The smallest absolute Gasteiger partial charge is 0.191 e. The highest BCUT2D eigenvalue weighted by Gasteiger charge is 2.15. The van der Waals surface area contributed by atoms with Gasteiger partial charge in [-0.05, 0) is 37.4 Å². The summed E-state index contributed by atoms with van der Waals surface area (Å²) in [6, 6.07) is 10.2. The third-order valence-corrected chi connectivity index (χ3v) is 6.46. The lowest BCUT2D eigenvalue weighted by Crippen LogP contribution is -1.96. The van der Waals surface area contributed by atoms with Crippen molar-refractivity contribution in [2.45, 2.75) is 22.7 Å². The molecule has 5 nitrogen and oxygen atoms in total. The Morgan fingerprint density at radius 2 is 2.04 bits per heavy atom. The molecule has 0 spiro atoms. The fraction of sp³-hybridized carbons (Fsp3) is 0.211. The third kappa shape index (κ3) is 3.59. The number of fused-ring (bicyclic) bond motifs is 1. The lowest BCUT2D eigenvalue weighted by Gasteiger charge is -2.07. The normalized spacial score (nSPS) is 11.4. The molecule has 138 valence electrons. The highest BCUT2D eigenvalue weighted by atomic mass is 35.5. The van der Waals surface area contributed by atoms with Gasteiger partial charge in [0.25, 0.3) is 0 Å². The van der Waals surface area contributed by atoms with Gasteiger partial charge in [0, 0.05) is 28.6 Å². The summed E-state index contributed by atoms with van der Waals surface area (Å²) >= 11 is 9.70. The first-order valence-electron chi connectivity index (χ1n) is 8.26. The van der Waals surface area contributed by atoms with Crippen molar-refractivity contribution in [1.82, 2.24) is 19.7 Å². The Bertz CT molecular complexity index is 1120. The van der Waals surface area contributed by atoms with E-state index in [0.717, 1.165) is 38.8 Å². The van der Waals surface area contributed by atoms with Crippen molar-refractivity contribution in [1.29, 1.82) is 0 Å². The molecule has 0 radical (unpaired) electrons. The van der Waals surface area contributed by atoms with Crippen LogP contribution < -0.4 is 0 Å². The molecule has 0 N–H and O–H groups in total. The molecule has 0 atom stereocenters. The fourth-order valence-corrected chi connectivity index (χ4v) is 4.44. The Morgan fingerprint density at radius 3 is 2.78 bits per heavy atom. The number of hydrogen-bond donors (Lipinski definition) is 0. The van der Waals surface area contributed by atoms with Crippen LogP contribution in [0, 0.1) is 6.92 Å². The van der Waals surface area contributed by atoms with E-state index in [1.807, 2.05) is 30.9 Å². The van der Waals surface area contributed by atoms with Gasteiger partial charge in [-0.25, -0.2) is 4.98 Å². The van der Waals surface area contributed by atoms with Crippen LogP contribution in [0.1, 0.15) is 11.3 Å². The van der Waals surface area contributed by atoms with Gasteiger partial charge in [0.05, 0.1) is 17.3 Å². The molecule has 0 aliphatic heterocycles. The minimum absolute atomic E-state index is 0.529. The number of rotatable bonds is 5. The molecule has 4 rings (SSSR count). The number of hydrogen-bond acceptors (Lipinski definition) is 6. The van der Waals surface area contributed by atoms with E-state index in [-0.39, 0.29) is 0 Å². The summed E-state index contributed by atoms with van der Waals surface area (Å²) < 4.78 is 7.34. The number of pyridine rings is 1. The van der Waals surface area contributed by atoms with Crippen LogP contribution in [0.4, 0.5) is 0 Å². The lowest BCUT2D eigenvalue weighted by molar-refractivity contribution is 0.534. The molecule has 4 aromatic rings. The molecule has 0 saturated carbocycles. The topological polar surface area (TPSA) is 56.7 Å². The number of aryl methyl sites for hydroxylation is 1. The Balaban J connectivity index is 1.58. The molecule has 1 aromatic carbocycles. The first-order chi connectivity index (χ1) is 13.1. The summed E-state index contributed by atoms with van der Waals surface area (Å²) in [4.78, 5) is 5.74. The number of halogens is 1. The summed E-state index contributed by atoms with van der Waals surface area (Å²) in [6.07, 6.45) is 3.71. The number of furan rings is 1. The SMILES string of the molecule is CSc1ccc2cc(CSc3nnc(-c4ccoc4C)n3C)c(Cl)nc2c1. The fourth-order valence-electron chi connectivity index (χ4n) is 2.83. The minimum Gasteiger partial charge on any atom is -0.469 e. The highest BCUT2D eigenvalue weighted by molar-refractivity contribution is 7.98. The van der Waals surface area contributed by atoms with Crippen molar-refractivity contribution in [2.75, 3.05) is 6.26 Å². The number of thioether (sulfide) groups is 2. The molecule has 0 aliphatic carbocycles.